The fourth-order valence-electron chi connectivity index (χ4n) is 1.99. The lowest BCUT2D eigenvalue weighted by Gasteiger charge is -2.13. The number of aromatic amines is 1. The number of hydrogen-bond acceptors (Lipinski definition) is 4. The van der Waals surface area contributed by atoms with Crippen molar-refractivity contribution in [3.63, 3.8) is 0 Å². The number of nitrogens with zero attached hydrogens (tertiary/aromatic N) is 2. The van der Waals surface area contributed by atoms with Crippen LogP contribution in [0.4, 0.5) is 11.4 Å². The van der Waals surface area contributed by atoms with Gasteiger partial charge in [0.1, 0.15) is 5.75 Å². The SMILES string of the molecule is CN(C)c1cccc(Oc2nc3ccc(N)cc3[nH]2)c1. The van der Waals surface area contributed by atoms with E-state index in [4.69, 9.17) is 10.5 Å². The van der Waals surface area contributed by atoms with Gasteiger partial charge in [-0.2, -0.15) is 4.98 Å². The molecule has 0 aliphatic carbocycles. The molecule has 102 valence electrons. The molecule has 3 rings (SSSR count). The van der Waals surface area contributed by atoms with Gasteiger partial charge in [-0.15, -0.1) is 0 Å². The molecule has 3 aromatic rings. The number of benzene rings is 2. The molecule has 0 saturated carbocycles. The van der Waals surface area contributed by atoms with Gasteiger partial charge >= 0.3 is 0 Å². The summed E-state index contributed by atoms with van der Waals surface area (Å²) in [6, 6.07) is 13.8. The molecule has 0 atom stereocenters. The smallest absolute Gasteiger partial charge is 0.300 e. The van der Waals surface area contributed by atoms with Crippen molar-refractivity contribution in [2.45, 2.75) is 0 Å². The van der Waals surface area contributed by atoms with Crippen LogP contribution in [0.3, 0.4) is 0 Å². The molecular weight excluding hydrogens is 252 g/mol. The number of nitrogens with one attached hydrogen (secondary N) is 1. The van der Waals surface area contributed by atoms with Crippen LogP contribution in [0.25, 0.3) is 11.0 Å². The minimum atomic E-state index is 0.460. The maximum absolute atomic E-state index is 5.76. The Morgan fingerprint density at radius 3 is 2.80 bits per heavy atom. The molecule has 0 bridgehead atoms. The van der Waals surface area contributed by atoms with E-state index in [-0.39, 0.29) is 0 Å². The average Bonchev–Trinajstić information content (AvgIpc) is 2.80. The van der Waals surface area contributed by atoms with Crippen LogP contribution in [0.15, 0.2) is 42.5 Å². The number of rotatable bonds is 3. The fraction of sp³-hybridized carbons (Fsp3) is 0.133. The van der Waals surface area contributed by atoms with Crippen LogP contribution in [-0.2, 0) is 0 Å². The van der Waals surface area contributed by atoms with Crippen molar-refractivity contribution in [3.05, 3.63) is 42.5 Å². The predicted molar refractivity (Wildman–Crippen MR) is 81.3 cm³/mol. The highest BCUT2D eigenvalue weighted by molar-refractivity contribution is 5.79. The molecule has 0 amide bonds. The number of nitrogens with two attached hydrogens (primary N) is 1. The summed E-state index contributed by atoms with van der Waals surface area (Å²) in [7, 11) is 3.98. The maximum Gasteiger partial charge on any atom is 0.300 e. The first-order valence-corrected chi connectivity index (χ1v) is 6.32. The lowest BCUT2D eigenvalue weighted by atomic mass is 10.3. The third-order valence-corrected chi connectivity index (χ3v) is 3.03. The molecule has 1 aromatic heterocycles. The molecule has 2 aromatic carbocycles. The lowest BCUT2D eigenvalue weighted by Crippen LogP contribution is -2.08. The first-order valence-electron chi connectivity index (χ1n) is 6.32. The van der Waals surface area contributed by atoms with Crippen LogP contribution in [0.1, 0.15) is 0 Å². The minimum absolute atomic E-state index is 0.460. The van der Waals surface area contributed by atoms with Gasteiger partial charge in [-0.3, -0.25) is 0 Å². The second kappa shape index (κ2) is 4.77. The molecule has 3 N–H and O–H groups in total. The highest BCUT2D eigenvalue weighted by atomic mass is 16.5. The molecule has 0 spiro atoms. The Balaban J connectivity index is 1.90. The van der Waals surface area contributed by atoms with Crippen LogP contribution >= 0.6 is 0 Å². The van der Waals surface area contributed by atoms with E-state index in [0.29, 0.717) is 11.7 Å². The lowest BCUT2D eigenvalue weighted by molar-refractivity contribution is 0.449. The molecule has 5 nitrogen and oxygen atoms in total. The summed E-state index contributed by atoms with van der Waals surface area (Å²) in [5.41, 5.74) is 9.21. The van der Waals surface area contributed by atoms with Crippen molar-refractivity contribution >= 4 is 22.4 Å². The van der Waals surface area contributed by atoms with E-state index in [2.05, 4.69) is 9.97 Å². The van der Waals surface area contributed by atoms with Crippen molar-refractivity contribution < 1.29 is 4.74 Å². The molecule has 0 fully saturated rings. The standard InChI is InChI=1S/C15H16N4O/c1-19(2)11-4-3-5-12(9-11)20-15-17-13-7-6-10(16)8-14(13)18-15/h3-9H,16H2,1-2H3,(H,17,18). The molecule has 0 aliphatic rings. The van der Waals surface area contributed by atoms with E-state index in [1.54, 1.807) is 0 Å². The van der Waals surface area contributed by atoms with Gasteiger partial charge in [-0.05, 0) is 30.3 Å². The van der Waals surface area contributed by atoms with E-state index < -0.39 is 0 Å². The zero-order valence-electron chi connectivity index (χ0n) is 11.4. The van der Waals surface area contributed by atoms with Gasteiger partial charge in [0.25, 0.3) is 6.01 Å². The predicted octanol–water partition coefficient (Wildman–Crippen LogP) is 3.00. The van der Waals surface area contributed by atoms with E-state index in [9.17, 15) is 0 Å². The van der Waals surface area contributed by atoms with Gasteiger partial charge < -0.3 is 20.4 Å². The Labute approximate surface area is 117 Å². The Bertz CT molecular complexity index is 748. The number of anilines is 2. The van der Waals surface area contributed by atoms with Crippen LogP contribution in [-0.4, -0.2) is 24.1 Å². The summed E-state index contributed by atoms with van der Waals surface area (Å²) >= 11 is 0. The molecule has 0 aliphatic heterocycles. The van der Waals surface area contributed by atoms with Crippen molar-refractivity contribution in [1.82, 2.24) is 9.97 Å². The van der Waals surface area contributed by atoms with Crippen molar-refractivity contribution in [2.24, 2.45) is 0 Å². The summed E-state index contributed by atoms with van der Waals surface area (Å²) in [5.74, 6) is 0.739. The number of fused-ring (bicyclic) bond motifs is 1. The van der Waals surface area contributed by atoms with Gasteiger partial charge in [0.15, 0.2) is 0 Å². The monoisotopic (exact) mass is 268 g/mol. The Hall–Kier alpha value is -2.69. The van der Waals surface area contributed by atoms with E-state index in [1.165, 1.54) is 0 Å². The highest BCUT2D eigenvalue weighted by Crippen LogP contribution is 2.25. The van der Waals surface area contributed by atoms with Crippen molar-refractivity contribution in [3.8, 4) is 11.8 Å². The Morgan fingerprint density at radius 1 is 1.15 bits per heavy atom. The molecule has 1 heterocycles. The Kier molecular flexibility index (Phi) is 2.95. The first-order chi connectivity index (χ1) is 9.61. The quantitative estimate of drug-likeness (QED) is 0.716. The molecule has 20 heavy (non-hydrogen) atoms. The van der Waals surface area contributed by atoms with Gasteiger partial charge in [0.05, 0.1) is 11.0 Å². The highest BCUT2D eigenvalue weighted by Gasteiger charge is 2.06. The first kappa shape index (κ1) is 12.3. The van der Waals surface area contributed by atoms with Gasteiger partial charge in [0, 0.05) is 31.5 Å². The molecular formula is C15H16N4O. The topological polar surface area (TPSA) is 67.2 Å². The summed E-state index contributed by atoms with van der Waals surface area (Å²) < 4.78 is 5.76. The van der Waals surface area contributed by atoms with Gasteiger partial charge in [-0.25, -0.2) is 0 Å². The zero-order chi connectivity index (χ0) is 14.1. The Morgan fingerprint density at radius 2 is 2.00 bits per heavy atom. The van der Waals surface area contributed by atoms with E-state index >= 15 is 0 Å². The van der Waals surface area contributed by atoms with Crippen molar-refractivity contribution in [2.75, 3.05) is 24.7 Å². The number of hydrogen-bond donors (Lipinski definition) is 2. The van der Waals surface area contributed by atoms with Crippen LogP contribution < -0.4 is 15.4 Å². The normalized spacial score (nSPS) is 10.7. The zero-order valence-corrected chi connectivity index (χ0v) is 11.4. The second-order valence-electron chi connectivity index (χ2n) is 4.81. The van der Waals surface area contributed by atoms with Crippen LogP contribution in [0.2, 0.25) is 0 Å². The number of nitrogen functional groups attached to an aromatic ring is 1. The van der Waals surface area contributed by atoms with Gasteiger partial charge in [-0.1, -0.05) is 6.07 Å². The summed E-state index contributed by atoms with van der Waals surface area (Å²) in [6.45, 7) is 0. The number of aromatic nitrogens is 2. The molecule has 0 saturated heterocycles. The number of imidazole rings is 1. The average molecular weight is 268 g/mol. The second-order valence-corrected chi connectivity index (χ2v) is 4.81. The van der Waals surface area contributed by atoms with E-state index in [1.807, 2.05) is 61.5 Å². The largest absolute Gasteiger partial charge is 0.426 e. The summed E-state index contributed by atoms with van der Waals surface area (Å²) in [5, 5.41) is 0. The third-order valence-electron chi connectivity index (χ3n) is 3.03. The molecule has 0 unspecified atom stereocenters. The third kappa shape index (κ3) is 2.38. The minimum Gasteiger partial charge on any atom is -0.426 e. The van der Waals surface area contributed by atoms with Gasteiger partial charge in [0.2, 0.25) is 0 Å². The number of ether oxygens (including phenoxy) is 1. The van der Waals surface area contributed by atoms with Crippen molar-refractivity contribution in [1.29, 1.82) is 0 Å². The fourth-order valence-corrected chi connectivity index (χ4v) is 1.99. The molecule has 0 radical (unpaired) electrons. The van der Waals surface area contributed by atoms with Crippen LogP contribution in [0.5, 0.6) is 11.8 Å². The maximum atomic E-state index is 5.76. The van der Waals surface area contributed by atoms with Crippen LogP contribution in [0, 0.1) is 0 Å². The number of H-pyrrole nitrogens is 1. The summed E-state index contributed by atoms with van der Waals surface area (Å²) in [6.07, 6.45) is 0. The summed E-state index contributed by atoms with van der Waals surface area (Å²) in [4.78, 5) is 9.50. The van der Waals surface area contributed by atoms with E-state index in [0.717, 1.165) is 22.5 Å². The molecule has 5 heteroatoms.